The first-order valence-electron chi connectivity index (χ1n) is 5.48. The van der Waals surface area contributed by atoms with Crippen LogP contribution in [0.4, 0.5) is 4.39 Å². The van der Waals surface area contributed by atoms with Gasteiger partial charge in [-0.3, -0.25) is 0 Å². The minimum Gasteiger partial charge on any atom is -0.207 e. The normalized spacial score (nSPS) is 25.9. The number of benzene rings is 1. The fourth-order valence-electron chi connectivity index (χ4n) is 2.63. The van der Waals surface area contributed by atoms with E-state index in [2.05, 4.69) is 6.07 Å². The summed E-state index contributed by atoms with van der Waals surface area (Å²) in [6.07, 6.45) is 2.95. The summed E-state index contributed by atoms with van der Waals surface area (Å²) in [6.45, 7) is 3.92. The average molecular weight is 227 g/mol. The van der Waals surface area contributed by atoms with Crippen molar-refractivity contribution in [3.8, 4) is 0 Å². The number of rotatable bonds is 1. The lowest BCUT2D eigenvalue weighted by atomic mass is 9.92. The molecule has 2 rings (SSSR count). The Morgan fingerprint density at radius 1 is 1.27 bits per heavy atom. The van der Waals surface area contributed by atoms with Gasteiger partial charge in [0.1, 0.15) is 5.82 Å². The quantitative estimate of drug-likeness (QED) is 0.626. The van der Waals surface area contributed by atoms with Gasteiger partial charge in [0.25, 0.3) is 0 Å². The second-order valence-corrected chi connectivity index (χ2v) is 5.20. The van der Waals surface area contributed by atoms with Gasteiger partial charge in [-0.05, 0) is 61.8 Å². The van der Waals surface area contributed by atoms with E-state index in [0.717, 1.165) is 36.0 Å². The van der Waals surface area contributed by atoms with Crippen LogP contribution in [0.3, 0.4) is 0 Å². The Labute approximate surface area is 95.4 Å². The number of halogens is 2. The molecule has 0 spiro atoms. The summed E-state index contributed by atoms with van der Waals surface area (Å²) in [6, 6.07) is 3.68. The second kappa shape index (κ2) is 4.13. The zero-order chi connectivity index (χ0) is 11.0. The van der Waals surface area contributed by atoms with Gasteiger partial charge in [0.05, 0.1) is 0 Å². The van der Waals surface area contributed by atoms with Crippen LogP contribution in [-0.2, 0) is 0 Å². The molecule has 15 heavy (non-hydrogen) atoms. The number of hydrogen-bond acceptors (Lipinski definition) is 0. The third kappa shape index (κ3) is 2.17. The molecule has 0 aromatic heterocycles. The minimum atomic E-state index is -0.0525. The van der Waals surface area contributed by atoms with Gasteiger partial charge in [0.15, 0.2) is 0 Å². The molecule has 1 aromatic rings. The molecular weight excluding hydrogens is 211 g/mol. The predicted molar refractivity (Wildman–Crippen MR) is 62.1 cm³/mol. The Hall–Kier alpha value is -0.560. The molecule has 0 saturated heterocycles. The molecule has 2 heteroatoms. The van der Waals surface area contributed by atoms with E-state index in [1.165, 1.54) is 0 Å². The van der Waals surface area contributed by atoms with Crippen molar-refractivity contribution in [3.63, 3.8) is 0 Å². The third-order valence-corrected chi connectivity index (χ3v) is 3.65. The Morgan fingerprint density at radius 2 is 2.00 bits per heavy atom. The molecule has 1 aromatic carbocycles. The van der Waals surface area contributed by atoms with Gasteiger partial charge in [-0.15, -0.1) is 11.6 Å². The molecule has 0 N–H and O–H groups in total. The summed E-state index contributed by atoms with van der Waals surface area (Å²) < 4.78 is 13.8. The van der Waals surface area contributed by atoms with Crippen molar-refractivity contribution in [2.45, 2.75) is 44.4 Å². The van der Waals surface area contributed by atoms with Gasteiger partial charge in [-0.2, -0.15) is 0 Å². The number of hydrogen-bond donors (Lipinski definition) is 0. The molecule has 0 amide bonds. The molecule has 1 aliphatic carbocycles. The van der Waals surface area contributed by atoms with Gasteiger partial charge in [0, 0.05) is 5.38 Å². The SMILES string of the molecule is Cc1cc(C)c(C2CCC(Cl)C2)c(F)c1. The topological polar surface area (TPSA) is 0 Å². The molecular formula is C13H16ClF. The summed E-state index contributed by atoms with van der Waals surface area (Å²) in [5, 5.41) is 0.232. The summed E-state index contributed by atoms with van der Waals surface area (Å²) >= 11 is 6.07. The van der Waals surface area contributed by atoms with E-state index in [1.54, 1.807) is 6.07 Å². The van der Waals surface area contributed by atoms with Gasteiger partial charge >= 0.3 is 0 Å². The maximum absolute atomic E-state index is 13.8. The first kappa shape index (κ1) is 10.9. The van der Waals surface area contributed by atoms with Crippen LogP contribution < -0.4 is 0 Å². The largest absolute Gasteiger partial charge is 0.207 e. The fraction of sp³-hybridized carbons (Fsp3) is 0.538. The van der Waals surface area contributed by atoms with Crippen LogP contribution in [0, 0.1) is 19.7 Å². The fourth-order valence-corrected chi connectivity index (χ4v) is 2.97. The smallest absolute Gasteiger partial charge is 0.127 e. The predicted octanol–water partition coefficient (Wildman–Crippen LogP) is 4.32. The summed E-state index contributed by atoms with van der Waals surface area (Å²) in [7, 11) is 0. The molecule has 2 unspecified atom stereocenters. The molecule has 0 nitrogen and oxygen atoms in total. The Balaban J connectivity index is 2.35. The second-order valence-electron chi connectivity index (χ2n) is 4.58. The Kier molecular flexibility index (Phi) is 3.01. The third-order valence-electron chi connectivity index (χ3n) is 3.26. The van der Waals surface area contributed by atoms with E-state index < -0.39 is 0 Å². The van der Waals surface area contributed by atoms with Crippen LogP contribution in [0.25, 0.3) is 0 Å². The van der Waals surface area contributed by atoms with Crippen molar-refractivity contribution >= 4 is 11.6 Å². The van der Waals surface area contributed by atoms with Crippen molar-refractivity contribution in [1.29, 1.82) is 0 Å². The van der Waals surface area contributed by atoms with Crippen molar-refractivity contribution in [2.75, 3.05) is 0 Å². The van der Waals surface area contributed by atoms with E-state index >= 15 is 0 Å². The van der Waals surface area contributed by atoms with E-state index in [0.29, 0.717) is 5.92 Å². The highest BCUT2D eigenvalue weighted by atomic mass is 35.5. The molecule has 1 saturated carbocycles. The minimum absolute atomic E-state index is 0.0525. The maximum atomic E-state index is 13.8. The highest BCUT2D eigenvalue weighted by Gasteiger charge is 2.27. The van der Waals surface area contributed by atoms with Crippen molar-refractivity contribution in [1.82, 2.24) is 0 Å². The van der Waals surface area contributed by atoms with Gasteiger partial charge in [0.2, 0.25) is 0 Å². The van der Waals surface area contributed by atoms with Crippen LogP contribution in [0.5, 0.6) is 0 Å². The van der Waals surface area contributed by atoms with Crippen LogP contribution in [0.2, 0.25) is 0 Å². The molecule has 82 valence electrons. The molecule has 0 heterocycles. The summed E-state index contributed by atoms with van der Waals surface area (Å²) in [4.78, 5) is 0. The van der Waals surface area contributed by atoms with E-state index in [-0.39, 0.29) is 11.2 Å². The standard InChI is InChI=1S/C13H16ClF/c1-8-5-9(2)13(12(15)6-8)10-3-4-11(14)7-10/h5-6,10-11H,3-4,7H2,1-2H3. The lowest BCUT2D eigenvalue weighted by Crippen LogP contribution is -2.02. The van der Waals surface area contributed by atoms with Gasteiger partial charge in [-0.1, -0.05) is 6.07 Å². The zero-order valence-electron chi connectivity index (χ0n) is 9.19. The summed E-state index contributed by atoms with van der Waals surface area (Å²) in [5.41, 5.74) is 2.96. The first-order chi connectivity index (χ1) is 7.08. The molecule has 1 fully saturated rings. The highest BCUT2D eigenvalue weighted by molar-refractivity contribution is 6.20. The zero-order valence-corrected chi connectivity index (χ0v) is 9.94. The van der Waals surface area contributed by atoms with Crippen molar-refractivity contribution in [3.05, 3.63) is 34.6 Å². The van der Waals surface area contributed by atoms with Gasteiger partial charge in [-0.25, -0.2) is 4.39 Å². The molecule has 0 aliphatic heterocycles. The summed E-state index contributed by atoms with van der Waals surface area (Å²) in [5.74, 6) is 0.274. The highest BCUT2D eigenvalue weighted by Crippen LogP contribution is 2.39. The van der Waals surface area contributed by atoms with E-state index in [9.17, 15) is 4.39 Å². The van der Waals surface area contributed by atoms with Crippen LogP contribution >= 0.6 is 11.6 Å². The first-order valence-corrected chi connectivity index (χ1v) is 5.92. The Morgan fingerprint density at radius 3 is 2.53 bits per heavy atom. The number of alkyl halides is 1. The molecule has 0 radical (unpaired) electrons. The monoisotopic (exact) mass is 226 g/mol. The van der Waals surface area contributed by atoms with E-state index in [1.807, 2.05) is 13.8 Å². The van der Waals surface area contributed by atoms with Crippen LogP contribution in [-0.4, -0.2) is 5.38 Å². The van der Waals surface area contributed by atoms with Gasteiger partial charge < -0.3 is 0 Å². The molecule has 1 aliphatic rings. The number of aryl methyl sites for hydroxylation is 2. The molecule has 0 bridgehead atoms. The van der Waals surface area contributed by atoms with Crippen molar-refractivity contribution in [2.24, 2.45) is 0 Å². The lowest BCUT2D eigenvalue weighted by Gasteiger charge is -2.15. The van der Waals surface area contributed by atoms with Crippen molar-refractivity contribution < 1.29 is 4.39 Å². The van der Waals surface area contributed by atoms with Crippen LogP contribution in [0.1, 0.15) is 41.9 Å². The lowest BCUT2D eigenvalue weighted by molar-refractivity contribution is 0.576. The van der Waals surface area contributed by atoms with E-state index in [4.69, 9.17) is 11.6 Å². The Bertz CT molecular complexity index is 350. The maximum Gasteiger partial charge on any atom is 0.127 e. The average Bonchev–Trinajstić information content (AvgIpc) is 2.49. The van der Waals surface area contributed by atoms with Crippen LogP contribution in [0.15, 0.2) is 12.1 Å². The molecule has 2 atom stereocenters.